The Morgan fingerprint density at radius 1 is 0.963 bits per heavy atom. The first-order valence-electron chi connectivity index (χ1n) is 8.22. The molecule has 0 atom stereocenters. The van der Waals surface area contributed by atoms with Crippen LogP contribution in [-0.4, -0.2) is 18.8 Å². The molecular formula is C21H15NO5. The Kier molecular flexibility index (Phi) is 4.22. The van der Waals surface area contributed by atoms with Gasteiger partial charge in [-0.25, -0.2) is 0 Å². The number of hydrogen-bond donors (Lipinski definition) is 1. The van der Waals surface area contributed by atoms with Gasteiger partial charge in [-0.05, 0) is 48.5 Å². The summed E-state index contributed by atoms with van der Waals surface area (Å²) < 4.78 is 16.0. The minimum Gasteiger partial charge on any atom is -0.497 e. The van der Waals surface area contributed by atoms with Crippen molar-refractivity contribution >= 4 is 28.3 Å². The zero-order valence-corrected chi connectivity index (χ0v) is 14.4. The summed E-state index contributed by atoms with van der Waals surface area (Å²) in [4.78, 5) is 25.4. The molecule has 1 amide bonds. The van der Waals surface area contributed by atoms with Gasteiger partial charge in [-0.2, -0.15) is 0 Å². The number of para-hydroxylation sites is 1. The maximum absolute atomic E-state index is 13.0. The number of nitrogens with one attached hydrogen (secondary N) is 1. The summed E-state index contributed by atoms with van der Waals surface area (Å²) >= 11 is 0. The van der Waals surface area contributed by atoms with Gasteiger partial charge in [-0.15, -0.1) is 0 Å². The van der Waals surface area contributed by atoms with Crippen LogP contribution in [0.25, 0.3) is 11.0 Å². The third-order valence-corrected chi connectivity index (χ3v) is 4.14. The Bertz CT molecular complexity index is 1110. The standard InChI is InChI=1S/C21H15NO5/c1-25-14-10-8-13(9-11-14)19(23)20-18(15-5-2-3-6-16(15)27-20)22-21(24)17-7-4-12-26-17/h2-12H,1H3,(H,22,24). The minimum absolute atomic E-state index is 0.0567. The second-order valence-corrected chi connectivity index (χ2v) is 5.79. The van der Waals surface area contributed by atoms with Gasteiger partial charge >= 0.3 is 0 Å². The molecule has 4 rings (SSSR count). The van der Waals surface area contributed by atoms with Gasteiger partial charge in [0.1, 0.15) is 11.3 Å². The van der Waals surface area contributed by atoms with Gasteiger partial charge in [0.25, 0.3) is 5.91 Å². The predicted octanol–water partition coefficient (Wildman–Crippen LogP) is 4.52. The van der Waals surface area contributed by atoms with E-state index in [9.17, 15) is 9.59 Å². The predicted molar refractivity (Wildman–Crippen MR) is 99.3 cm³/mol. The molecule has 2 aromatic heterocycles. The Hall–Kier alpha value is -3.80. The highest BCUT2D eigenvalue weighted by atomic mass is 16.5. The van der Waals surface area contributed by atoms with E-state index in [-0.39, 0.29) is 17.3 Å². The molecule has 0 fully saturated rings. The van der Waals surface area contributed by atoms with Gasteiger partial charge in [0.05, 0.1) is 19.1 Å². The van der Waals surface area contributed by atoms with E-state index in [4.69, 9.17) is 13.6 Å². The second kappa shape index (κ2) is 6.84. The molecule has 0 aliphatic carbocycles. The molecule has 0 aliphatic rings. The van der Waals surface area contributed by atoms with Crippen molar-refractivity contribution in [2.45, 2.75) is 0 Å². The van der Waals surface area contributed by atoms with Crippen LogP contribution >= 0.6 is 0 Å². The average Bonchev–Trinajstić information content (AvgIpc) is 3.36. The molecular weight excluding hydrogens is 346 g/mol. The summed E-state index contributed by atoms with van der Waals surface area (Å²) in [5.74, 6) is 0.0332. The molecule has 27 heavy (non-hydrogen) atoms. The van der Waals surface area contributed by atoms with Crippen molar-refractivity contribution in [3.05, 3.63) is 84.0 Å². The lowest BCUT2D eigenvalue weighted by Crippen LogP contribution is -2.13. The van der Waals surface area contributed by atoms with E-state index in [1.165, 1.54) is 6.26 Å². The molecule has 4 aromatic rings. The van der Waals surface area contributed by atoms with Gasteiger partial charge in [-0.3, -0.25) is 9.59 Å². The summed E-state index contributed by atoms with van der Waals surface area (Å²) in [6.45, 7) is 0. The summed E-state index contributed by atoms with van der Waals surface area (Å²) in [5, 5.41) is 3.37. The Labute approximate surface area is 154 Å². The van der Waals surface area contributed by atoms with Crippen LogP contribution in [0.1, 0.15) is 26.7 Å². The number of rotatable bonds is 5. The number of ketones is 1. The van der Waals surface area contributed by atoms with Crippen LogP contribution in [0.5, 0.6) is 5.75 Å². The van der Waals surface area contributed by atoms with Crippen molar-refractivity contribution in [3.63, 3.8) is 0 Å². The first kappa shape index (κ1) is 16.7. The zero-order chi connectivity index (χ0) is 18.8. The first-order chi connectivity index (χ1) is 13.2. The SMILES string of the molecule is COc1ccc(C(=O)c2oc3ccccc3c2NC(=O)c2ccco2)cc1. The Balaban J connectivity index is 1.77. The molecule has 134 valence electrons. The highest BCUT2D eigenvalue weighted by Gasteiger charge is 2.24. The third kappa shape index (κ3) is 3.08. The van der Waals surface area contributed by atoms with Crippen molar-refractivity contribution in [1.82, 2.24) is 0 Å². The maximum Gasteiger partial charge on any atom is 0.291 e. The second-order valence-electron chi connectivity index (χ2n) is 5.79. The Morgan fingerprint density at radius 3 is 2.44 bits per heavy atom. The van der Waals surface area contributed by atoms with E-state index in [2.05, 4.69) is 5.32 Å². The fraction of sp³-hybridized carbons (Fsp3) is 0.0476. The van der Waals surface area contributed by atoms with Crippen LogP contribution < -0.4 is 10.1 Å². The largest absolute Gasteiger partial charge is 0.497 e. The van der Waals surface area contributed by atoms with E-state index in [0.717, 1.165) is 0 Å². The number of carbonyl (C=O) groups is 2. The third-order valence-electron chi connectivity index (χ3n) is 4.14. The Morgan fingerprint density at radius 2 is 1.74 bits per heavy atom. The zero-order valence-electron chi connectivity index (χ0n) is 14.4. The highest BCUT2D eigenvalue weighted by Crippen LogP contribution is 2.33. The van der Waals surface area contributed by atoms with E-state index in [0.29, 0.717) is 28.0 Å². The number of ether oxygens (including phenoxy) is 1. The number of amides is 1. The van der Waals surface area contributed by atoms with Crippen LogP contribution in [0.15, 0.2) is 75.8 Å². The normalized spacial score (nSPS) is 10.7. The molecule has 0 bridgehead atoms. The molecule has 0 saturated carbocycles. The molecule has 0 unspecified atom stereocenters. The number of benzene rings is 2. The average molecular weight is 361 g/mol. The molecule has 6 nitrogen and oxygen atoms in total. The lowest BCUT2D eigenvalue weighted by atomic mass is 10.1. The minimum atomic E-state index is -0.463. The lowest BCUT2D eigenvalue weighted by molar-refractivity contribution is 0.0996. The maximum atomic E-state index is 13.0. The van der Waals surface area contributed by atoms with Crippen LogP contribution in [0.4, 0.5) is 5.69 Å². The molecule has 2 aromatic carbocycles. The van der Waals surface area contributed by atoms with E-state index in [1.807, 2.05) is 6.07 Å². The highest BCUT2D eigenvalue weighted by molar-refractivity contribution is 6.18. The van der Waals surface area contributed by atoms with Crippen LogP contribution in [0.3, 0.4) is 0 Å². The van der Waals surface area contributed by atoms with Gasteiger partial charge in [0.2, 0.25) is 5.78 Å². The van der Waals surface area contributed by atoms with Gasteiger partial charge in [0, 0.05) is 10.9 Å². The fourth-order valence-corrected chi connectivity index (χ4v) is 2.79. The number of fused-ring (bicyclic) bond motifs is 1. The summed E-state index contributed by atoms with van der Waals surface area (Å²) in [6.07, 6.45) is 1.41. The number of furan rings is 2. The number of anilines is 1. The first-order valence-corrected chi connectivity index (χ1v) is 8.22. The van der Waals surface area contributed by atoms with Gasteiger partial charge in [0.15, 0.2) is 11.5 Å². The summed E-state index contributed by atoms with van der Waals surface area (Å²) in [7, 11) is 1.55. The van der Waals surface area contributed by atoms with Crippen molar-refractivity contribution in [3.8, 4) is 5.75 Å². The van der Waals surface area contributed by atoms with Crippen LogP contribution in [0, 0.1) is 0 Å². The number of hydrogen-bond acceptors (Lipinski definition) is 5. The number of carbonyl (C=O) groups excluding carboxylic acids is 2. The summed E-state index contributed by atoms with van der Waals surface area (Å²) in [6, 6.07) is 17.0. The van der Waals surface area contributed by atoms with Gasteiger partial charge < -0.3 is 18.9 Å². The van der Waals surface area contributed by atoms with Gasteiger partial charge in [-0.1, -0.05) is 12.1 Å². The van der Waals surface area contributed by atoms with Crippen molar-refractivity contribution in [2.75, 3.05) is 12.4 Å². The smallest absolute Gasteiger partial charge is 0.291 e. The van der Waals surface area contributed by atoms with Crippen molar-refractivity contribution in [2.24, 2.45) is 0 Å². The van der Waals surface area contributed by atoms with Crippen LogP contribution in [0.2, 0.25) is 0 Å². The quantitative estimate of drug-likeness (QED) is 0.529. The van der Waals surface area contributed by atoms with Crippen LogP contribution in [-0.2, 0) is 0 Å². The molecule has 1 N–H and O–H groups in total. The molecule has 0 aliphatic heterocycles. The molecule has 0 radical (unpaired) electrons. The summed E-state index contributed by atoms with van der Waals surface area (Å²) in [5.41, 5.74) is 1.24. The van der Waals surface area contributed by atoms with Crippen molar-refractivity contribution in [1.29, 1.82) is 0 Å². The fourth-order valence-electron chi connectivity index (χ4n) is 2.79. The molecule has 0 spiro atoms. The lowest BCUT2D eigenvalue weighted by Gasteiger charge is -2.05. The molecule has 2 heterocycles. The van der Waals surface area contributed by atoms with Crippen molar-refractivity contribution < 1.29 is 23.2 Å². The van der Waals surface area contributed by atoms with E-state index >= 15 is 0 Å². The number of methoxy groups -OCH3 is 1. The molecule has 6 heteroatoms. The topological polar surface area (TPSA) is 81.7 Å². The monoisotopic (exact) mass is 361 g/mol. The van der Waals surface area contributed by atoms with E-state index < -0.39 is 5.91 Å². The van der Waals surface area contributed by atoms with E-state index in [1.54, 1.807) is 61.7 Å². The molecule has 0 saturated heterocycles.